The molecule has 1 rings (SSSR count). The summed E-state index contributed by atoms with van der Waals surface area (Å²) in [6.07, 6.45) is 1.64. The second-order valence-corrected chi connectivity index (χ2v) is 5.54. The van der Waals surface area contributed by atoms with Gasteiger partial charge in [0.05, 0.1) is 6.61 Å². The molecule has 0 saturated heterocycles. The van der Waals surface area contributed by atoms with Gasteiger partial charge in [0.15, 0.2) is 0 Å². The van der Waals surface area contributed by atoms with Gasteiger partial charge in [-0.2, -0.15) is 0 Å². The minimum atomic E-state index is -3.94. The molecule has 0 aliphatic carbocycles. The van der Waals surface area contributed by atoms with E-state index < -0.39 is 20.1 Å². The molecule has 0 N–H and O–H groups in total. The molecule has 0 saturated carbocycles. The molecule has 7 heteroatoms. The van der Waals surface area contributed by atoms with E-state index >= 15 is 0 Å². The van der Waals surface area contributed by atoms with Crippen LogP contribution in [0.15, 0.2) is 21.6 Å². The number of rotatable bonds is 5. The predicted octanol–water partition coefficient (Wildman–Crippen LogP) is 2.16. The Kier molecular flexibility index (Phi) is 4.37. The number of unbranched alkanes of at least 4 members (excludes halogenated alkanes) is 1. The van der Waals surface area contributed by atoms with Crippen molar-refractivity contribution < 1.29 is 22.4 Å². The minimum absolute atomic E-state index is 0.171. The standard InChI is InChI=1S/C9H11ClO5S/c1-2-3-6-14-9(11)7-4-5-8(15-7)16(10,12)13/h4-5H,2-3,6H2,1H3. The van der Waals surface area contributed by atoms with Crippen molar-refractivity contribution in [2.24, 2.45) is 0 Å². The van der Waals surface area contributed by atoms with Crippen molar-refractivity contribution in [3.05, 3.63) is 17.9 Å². The van der Waals surface area contributed by atoms with Gasteiger partial charge >= 0.3 is 5.97 Å². The van der Waals surface area contributed by atoms with Crippen molar-refractivity contribution in [2.75, 3.05) is 6.61 Å². The lowest BCUT2D eigenvalue weighted by molar-refractivity contribution is 0.0457. The summed E-state index contributed by atoms with van der Waals surface area (Å²) < 4.78 is 31.3. The molecule has 0 spiro atoms. The van der Waals surface area contributed by atoms with Crippen LogP contribution in [0.25, 0.3) is 0 Å². The minimum Gasteiger partial charge on any atom is -0.460 e. The van der Waals surface area contributed by atoms with Gasteiger partial charge in [0.1, 0.15) is 0 Å². The van der Waals surface area contributed by atoms with Crippen molar-refractivity contribution in [1.29, 1.82) is 0 Å². The summed E-state index contributed by atoms with van der Waals surface area (Å²) in [6.45, 7) is 2.23. The number of furan rings is 1. The maximum absolute atomic E-state index is 11.3. The molecule has 0 aliphatic heterocycles. The molecule has 0 aromatic carbocycles. The Balaban J connectivity index is 2.68. The number of hydrogen-bond donors (Lipinski definition) is 0. The first-order valence-corrected chi connectivity index (χ1v) is 6.97. The predicted molar refractivity (Wildman–Crippen MR) is 56.9 cm³/mol. The average molecular weight is 267 g/mol. The van der Waals surface area contributed by atoms with Crippen LogP contribution >= 0.6 is 10.7 Å². The topological polar surface area (TPSA) is 73.6 Å². The van der Waals surface area contributed by atoms with Gasteiger partial charge in [0.25, 0.3) is 9.05 Å². The zero-order valence-corrected chi connectivity index (χ0v) is 10.2. The molecular weight excluding hydrogens is 256 g/mol. The van der Waals surface area contributed by atoms with Gasteiger partial charge in [-0.25, -0.2) is 13.2 Å². The van der Waals surface area contributed by atoms with E-state index in [9.17, 15) is 13.2 Å². The Morgan fingerprint density at radius 3 is 2.69 bits per heavy atom. The fourth-order valence-corrected chi connectivity index (χ4v) is 1.61. The monoisotopic (exact) mass is 266 g/mol. The molecule has 0 aliphatic rings. The molecule has 1 aromatic heterocycles. The third-order valence-corrected chi connectivity index (χ3v) is 2.91. The number of esters is 1. The van der Waals surface area contributed by atoms with Crippen LogP contribution in [0, 0.1) is 0 Å². The second kappa shape index (κ2) is 5.36. The van der Waals surface area contributed by atoms with Crippen LogP contribution < -0.4 is 0 Å². The van der Waals surface area contributed by atoms with E-state index in [1.54, 1.807) is 0 Å². The number of hydrogen-bond acceptors (Lipinski definition) is 5. The van der Waals surface area contributed by atoms with Crippen molar-refractivity contribution in [2.45, 2.75) is 24.9 Å². The smallest absolute Gasteiger partial charge is 0.374 e. The normalized spacial score (nSPS) is 11.4. The highest BCUT2D eigenvalue weighted by atomic mass is 35.7. The summed E-state index contributed by atoms with van der Waals surface area (Å²) in [5.74, 6) is -0.865. The summed E-state index contributed by atoms with van der Waals surface area (Å²) in [5, 5.41) is -0.461. The Hall–Kier alpha value is -1.01. The number of halogens is 1. The van der Waals surface area contributed by atoms with E-state index in [1.165, 1.54) is 6.07 Å². The summed E-state index contributed by atoms with van der Waals surface area (Å²) in [5.41, 5.74) is 0. The van der Waals surface area contributed by atoms with Crippen LogP contribution in [0.3, 0.4) is 0 Å². The van der Waals surface area contributed by atoms with Gasteiger partial charge in [0.2, 0.25) is 10.9 Å². The third-order valence-electron chi connectivity index (χ3n) is 1.75. The summed E-state index contributed by atoms with van der Waals surface area (Å²) in [4.78, 5) is 11.3. The first-order valence-electron chi connectivity index (χ1n) is 4.66. The summed E-state index contributed by atoms with van der Waals surface area (Å²) >= 11 is 0. The molecule has 1 aromatic rings. The fourth-order valence-electron chi connectivity index (χ4n) is 0.941. The average Bonchev–Trinajstić information content (AvgIpc) is 2.66. The first-order chi connectivity index (χ1) is 7.45. The van der Waals surface area contributed by atoms with Crippen molar-refractivity contribution in [1.82, 2.24) is 0 Å². The number of carbonyl (C=O) groups excluding carboxylic acids is 1. The van der Waals surface area contributed by atoms with Crippen molar-refractivity contribution >= 4 is 25.7 Å². The van der Waals surface area contributed by atoms with Gasteiger partial charge in [-0.3, -0.25) is 0 Å². The maximum Gasteiger partial charge on any atom is 0.374 e. The molecule has 16 heavy (non-hydrogen) atoms. The van der Waals surface area contributed by atoms with Crippen LogP contribution in [0.2, 0.25) is 0 Å². The lowest BCUT2D eigenvalue weighted by Crippen LogP contribution is -2.04. The zero-order chi connectivity index (χ0) is 12.2. The Bertz CT molecular complexity index is 462. The summed E-state index contributed by atoms with van der Waals surface area (Å²) in [6, 6.07) is 2.32. The molecule has 0 amide bonds. The van der Waals surface area contributed by atoms with Gasteiger partial charge in [-0.1, -0.05) is 13.3 Å². The second-order valence-electron chi connectivity index (χ2n) is 3.05. The molecular formula is C9H11ClO5S. The lowest BCUT2D eigenvalue weighted by atomic mass is 10.4. The summed E-state index contributed by atoms with van der Waals surface area (Å²) in [7, 11) is 1.09. The van der Waals surface area contributed by atoms with E-state index in [2.05, 4.69) is 0 Å². The maximum atomic E-state index is 11.3. The van der Waals surface area contributed by atoms with E-state index in [-0.39, 0.29) is 12.4 Å². The van der Waals surface area contributed by atoms with Crippen LogP contribution in [0.5, 0.6) is 0 Å². The molecule has 0 unspecified atom stereocenters. The van der Waals surface area contributed by atoms with E-state index in [0.29, 0.717) is 0 Å². The highest BCUT2D eigenvalue weighted by molar-refractivity contribution is 8.13. The molecule has 90 valence electrons. The van der Waals surface area contributed by atoms with Gasteiger partial charge < -0.3 is 9.15 Å². The highest BCUT2D eigenvalue weighted by Gasteiger charge is 2.19. The Labute approximate surface area is 97.8 Å². The lowest BCUT2D eigenvalue weighted by Gasteiger charge is -2.00. The van der Waals surface area contributed by atoms with Gasteiger partial charge in [-0.05, 0) is 18.6 Å². The number of carbonyl (C=O) groups is 1. The molecule has 1 heterocycles. The molecule has 0 atom stereocenters. The van der Waals surface area contributed by atoms with Gasteiger partial charge in [-0.15, -0.1) is 0 Å². The molecule has 0 radical (unpaired) electrons. The third kappa shape index (κ3) is 3.53. The van der Waals surface area contributed by atoms with Crippen LogP contribution in [-0.4, -0.2) is 21.0 Å². The van der Waals surface area contributed by atoms with Crippen LogP contribution in [-0.2, 0) is 13.8 Å². The van der Waals surface area contributed by atoms with Crippen LogP contribution in [0.4, 0.5) is 0 Å². The van der Waals surface area contributed by atoms with Crippen molar-refractivity contribution in [3.8, 4) is 0 Å². The van der Waals surface area contributed by atoms with Gasteiger partial charge in [0, 0.05) is 10.7 Å². The van der Waals surface area contributed by atoms with E-state index in [0.717, 1.165) is 18.9 Å². The first kappa shape index (κ1) is 13.1. The molecule has 0 bridgehead atoms. The Morgan fingerprint density at radius 2 is 2.19 bits per heavy atom. The quantitative estimate of drug-likeness (QED) is 0.464. The van der Waals surface area contributed by atoms with Crippen molar-refractivity contribution in [3.63, 3.8) is 0 Å². The largest absolute Gasteiger partial charge is 0.460 e. The van der Waals surface area contributed by atoms with E-state index in [4.69, 9.17) is 19.8 Å². The molecule has 0 fully saturated rings. The number of ether oxygens (including phenoxy) is 1. The highest BCUT2D eigenvalue weighted by Crippen LogP contribution is 2.18. The molecule has 5 nitrogen and oxygen atoms in total. The van der Waals surface area contributed by atoms with Crippen LogP contribution in [0.1, 0.15) is 30.3 Å². The fraction of sp³-hybridized carbons (Fsp3) is 0.444. The SMILES string of the molecule is CCCCOC(=O)c1ccc(S(=O)(=O)Cl)o1. The Morgan fingerprint density at radius 1 is 1.50 bits per heavy atom. The van der Waals surface area contributed by atoms with E-state index in [1.807, 2.05) is 6.92 Å². The zero-order valence-electron chi connectivity index (χ0n) is 8.60.